The molecule has 0 atom stereocenters. The van der Waals surface area contributed by atoms with E-state index in [-0.39, 0.29) is 11.4 Å². The smallest absolute Gasteiger partial charge is 0.258 e. The van der Waals surface area contributed by atoms with Gasteiger partial charge in [0.15, 0.2) is 17.4 Å². The average Bonchev–Trinajstić information content (AvgIpc) is 2.90. The summed E-state index contributed by atoms with van der Waals surface area (Å²) in [7, 11) is 3.42. The van der Waals surface area contributed by atoms with E-state index in [2.05, 4.69) is 10.7 Å². The summed E-state index contributed by atoms with van der Waals surface area (Å²) in [4.78, 5) is 24.3. The highest BCUT2D eigenvalue weighted by atomic mass is 19.2. The van der Waals surface area contributed by atoms with Gasteiger partial charge in [0.05, 0.1) is 11.3 Å². The summed E-state index contributed by atoms with van der Waals surface area (Å²) < 4.78 is 27.1. The molecule has 0 aliphatic carbocycles. The molecule has 0 aromatic heterocycles. The van der Waals surface area contributed by atoms with Crippen LogP contribution in [-0.2, 0) is 4.79 Å². The van der Waals surface area contributed by atoms with Gasteiger partial charge in [0.2, 0.25) is 0 Å². The molecule has 0 radical (unpaired) electrons. The first-order chi connectivity index (χ1) is 12.3. The number of Topliss-reactive ketones (excluding diaryl/α,β-unsaturated/α-hetero) is 1. The number of anilines is 1. The van der Waals surface area contributed by atoms with Crippen molar-refractivity contribution in [1.82, 2.24) is 10.4 Å². The number of carbonyl (C=O) groups is 2. The van der Waals surface area contributed by atoms with E-state index in [0.29, 0.717) is 28.1 Å². The molecule has 1 aliphatic heterocycles. The number of hydrazine groups is 1. The lowest BCUT2D eigenvalue weighted by atomic mass is 9.98. The van der Waals surface area contributed by atoms with Gasteiger partial charge in [-0.15, -0.1) is 0 Å². The molecule has 0 spiro atoms. The number of fused-ring (bicyclic) bond motifs is 1. The van der Waals surface area contributed by atoms with E-state index < -0.39 is 17.5 Å². The van der Waals surface area contributed by atoms with Crippen molar-refractivity contribution in [3.8, 4) is 0 Å². The van der Waals surface area contributed by atoms with Crippen molar-refractivity contribution in [2.45, 2.75) is 6.92 Å². The summed E-state index contributed by atoms with van der Waals surface area (Å²) in [5.74, 6) is -2.52. The Morgan fingerprint density at radius 1 is 1.04 bits per heavy atom. The van der Waals surface area contributed by atoms with Gasteiger partial charge in [0, 0.05) is 36.5 Å². The second kappa shape index (κ2) is 6.68. The SMILES string of the molecule is CC(=O)c1ccc2c(c1)/C(=C(/NN(C)C)c1ccc(F)c(F)c1)C(=O)N2. The van der Waals surface area contributed by atoms with Crippen LogP contribution in [0.5, 0.6) is 0 Å². The number of nitrogens with zero attached hydrogens (tertiary/aromatic N) is 1. The first kappa shape index (κ1) is 17.8. The molecule has 134 valence electrons. The lowest BCUT2D eigenvalue weighted by Gasteiger charge is -2.19. The van der Waals surface area contributed by atoms with Crippen LogP contribution in [0.3, 0.4) is 0 Å². The fourth-order valence-corrected chi connectivity index (χ4v) is 2.77. The van der Waals surface area contributed by atoms with Crippen LogP contribution in [0, 0.1) is 11.6 Å². The first-order valence-electron chi connectivity index (χ1n) is 7.88. The van der Waals surface area contributed by atoms with Crippen molar-refractivity contribution in [2.75, 3.05) is 19.4 Å². The molecular weight excluding hydrogens is 340 g/mol. The molecule has 0 saturated heterocycles. The molecule has 2 aromatic carbocycles. The summed E-state index contributed by atoms with van der Waals surface area (Å²) in [6.07, 6.45) is 0. The first-order valence-corrected chi connectivity index (χ1v) is 7.88. The molecule has 2 N–H and O–H groups in total. The van der Waals surface area contributed by atoms with E-state index in [1.807, 2.05) is 0 Å². The summed E-state index contributed by atoms with van der Waals surface area (Å²) in [6, 6.07) is 8.30. The predicted molar refractivity (Wildman–Crippen MR) is 95.1 cm³/mol. The van der Waals surface area contributed by atoms with Crippen molar-refractivity contribution >= 4 is 28.6 Å². The predicted octanol–water partition coefficient (Wildman–Crippen LogP) is 3.05. The molecule has 2 aromatic rings. The molecule has 0 bridgehead atoms. The number of carbonyl (C=O) groups excluding carboxylic acids is 2. The van der Waals surface area contributed by atoms with Crippen LogP contribution < -0.4 is 10.7 Å². The zero-order valence-corrected chi connectivity index (χ0v) is 14.5. The largest absolute Gasteiger partial charge is 0.321 e. The van der Waals surface area contributed by atoms with Gasteiger partial charge in [-0.3, -0.25) is 9.59 Å². The van der Waals surface area contributed by atoms with Crippen molar-refractivity contribution in [1.29, 1.82) is 0 Å². The monoisotopic (exact) mass is 357 g/mol. The number of hydrogen-bond donors (Lipinski definition) is 2. The highest BCUT2D eigenvalue weighted by molar-refractivity contribution is 6.36. The Labute approximate surface area is 149 Å². The van der Waals surface area contributed by atoms with Gasteiger partial charge in [-0.1, -0.05) is 0 Å². The lowest BCUT2D eigenvalue weighted by molar-refractivity contribution is -0.110. The van der Waals surface area contributed by atoms with Gasteiger partial charge >= 0.3 is 0 Å². The van der Waals surface area contributed by atoms with Crippen molar-refractivity contribution in [3.05, 3.63) is 64.7 Å². The Bertz CT molecular complexity index is 952. The highest BCUT2D eigenvalue weighted by Crippen LogP contribution is 2.37. The fraction of sp³-hybridized carbons (Fsp3) is 0.158. The van der Waals surface area contributed by atoms with Crippen LogP contribution in [0.1, 0.15) is 28.4 Å². The Hall–Kier alpha value is -3.06. The van der Waals surface area contributed by atoms with Gasteiger partial charge in [-0.2, -0.15) is 0 Å². The van der Waals surface area contributed by atoms with E-state index in [0.717, 1.165) is 12.1 Å². The Morgan fingerprint density at radius 2 is 1.73 bits per heavy atom. The maximum absolute atomic E-state index is 13.7. The third-order valence-electron chi connectivity index (χ3n) is 3.96. The van der Waals surface area contributed by atoms with Crippen LogP contribution >= 0.6 is 0 Å². The van der Waals surface area contributed by atoms with Crippen LogP contribution in [0.4, 0.5) is 14.5 Å². The van der Waals surface area contributed by atoms with Gasteiger partial charge in [0.1, 0.15) is 0 Å². The Kier molecular flexibility index (Phi) is 4.56. The molecule has 0 saturated carbocycles. The Balaban J connectivity index is 2.26. The van der Waals surface area contributed by atoms with E-state index in [1.54, 1.807) is 37.3 Å². The number of amides is 1. The van der Waals surface area contributed by atoms with Gasteiger partial charge in [0.25, 0.3) is 5.91 Å². The molecule has 1 heterocycles. The number of nitrogens with one attached hydrogen (secondary N) is 2. The zero-order valence-electron chi connectivity index (χ0n) is 14.5. The van der Waals surface area contributed by atoms with Gasteiger partial charge < -0.3 is 10.7 Å². The van der Waals surface area contributed by atoms with Crippen LogP contribution in [0.15, 0.2) is 36.4 Å². The highest BCUT2D eigenvalue weighted by Gasteiger charge is 2.29. The summed E-state index contributed by atoms with van der Waals surface area (Å²) >= 11 is 0. The number of ketones is 1. The fourth-order valence-electron chi connectivity index (χ4n) is 2.77. The number of hydrogen-bond acceptors (Lipinski definition) is 4. The number of benzene rings is 2. The topological polar surface area (TPSA) is 61.4 Å². The molecule has 1 amide bonds. The third kappa shape index (κ3) is 3.21. The minimum Gasteiger partial charge on any atom is -0.321 e. The van der Waals surface area contributed by atoms with Crippen LogP contribution in [0.25, 0.3) is 11.3 Å². The van der Waals surface area contributed by atoms with Gasteiger partial charge in [-0.25, -0.2) is 13.8 Å². The molecule has 5 nitrogen and oxygen atoms in total. The molecule has 26 heavy (non-hydrogen) atoms. The summed E-state index contributed by atoms with van der Waals surface area (Å²) in [5.41, 5.74) is 5.38. The second-order valence-corrected chi connectivity index (χ2v) is 6.16. The van der Waals surface area contributed by atoms with E-state index in [4.69, 9.17) is 0 Å². The molecule has 1 aliphatic rings. The van der Waals surface area contributed by atoms with E-state index in [9.17, 15) is 18.4 Å². The molecular formula is C19H17F2N3O2. The third-order valence-corrected chi connectivity index (χ3v) is 3.96. The standard InChI is InChI=1S/C19H17F2N3O2/c1-10(25)11-5-7-16-13(8-11)17(19(26)22-16)18(23-24(2)3)12-4-6-14(20)15(21)9-12/h4-9,23H,1-3H3,(H,22,26)/b18-17-. The second-order valence-electron chi connectivity index (χ2n) is 6.16. The normalized spacial score (nSPS) is 14.9. The number of rotatable bonds is 4. The van der Waals surface area contributed by atoms with Crippen molar-refractivity contribution < 1.29 is 18.4 Å². The minimum absolute atomic E-state index is 0.138. The van der Waals surface area contributed by atoms with Crippen LogP contribution in [-0.4, -0.2) is 30.8 Å². The maximum atomic E-state index is 13.7. The quantitative estimate of drug-likeness (QED) is 0.502. The summed E-state index contributed by atoms with van der Waals surface area (Å²) in [6.45, 7) is 1.43. The minimum atomic E-state index is -1.02. The lowest BCUT2D eigenvalue weighted by Crippen LogP contribution is -2.30. The Morgan fingerprint density at radius 3 is 2.35 bits per heavy atom. The molecule has 0 unspecified atom stereocenters. The van der Waals surface area contributed by atoms with Crippen molar-refractivity contribution in [3.63, 3.8) is 0 Å². The van der Waals surface area contributed by atoms with E-state index >= 15 is 0 Å². The van der Waals surface area contributed by atoms with Gasteiger partial charge in [-0.05, 0) is 43.3 Å². The van der Waals surface area contributed by atoms with Crippen LogP contribution in [0.2, 0.25) is 0 Å². The average molecular weight is 357 g/mol. The molecule has 7 heteroatoms. The molecule has 3 rings (SSSR count). The number of halogens is 2. The van der Waals surface area contributed by atoms with Crippen molar-refractivity contribution in [2.24, 2.45) is 0 Å². The van der Waals surface area contributed by atoms with E-state index in [1.165, 1.54) is 13.0 Å². The zero-order chi connectivity index (χ0) is 19.0. The summed E-state index contributed by atoms with van der Waals surface area (Å²) in [5, 5.41) is 4.32. The molecule has 0 fully saturated rings. The maximum Gasteiger partial charge on any atom is 0.258 e.